The zero-order chi connectivity index (χ0) is 23.7. The molecule has 172 valence electrons. The Hall–Kier alpha value is -3.16. The van der Waals surface area contributed by atoms with Crippen molar-refractivity contribution in [1.29, 1.82) is 0 Å². The summed E-state index contributed by atoms with van der Waals surface area (Å²) in [4.78, 5) is 16.8. The van der Waals surface area contributed by atoms with Gasteiger partial charge in [-0.05, 0) is 50.7 Å². The second-order valence-electron chi connectivity index (χ2n) is 9.40. The molecule has 8 nitrogen and oxygen atoms in total. The minimum absolute atomic E-state index is 0.379. The number of nitrogens with zero attached hydrogens (tertiary/aromatic N) is 6. The third kappa shape index (κ3) is 4.26. The topological polar surface area (TPSA) is 113 Å². The Bertz CT molecular complexity index is 1120. The van der Waals surface area contributed by atoms with Gasteiger partial charge in [0.15, 0.2) is 0 Å². The predicted octanol–water partition coefficient (Wildman–Crippen LogP) is 5.44. The van der Waals surface area contributed by atoms with Crippen LogP contribution >= 0.6 is 0 Å². The molecule has 0 unspecified atom stereocenters. The van der Waals surface area contributed by atoms with Crippen molar-refractivity contribution in [3.63, 3.8) is 0 Å². The molecule has 0 saturated carbocycles. The first-order chi connectivity index (χ1) is 15.0. The zero-order valence-electron chi connectivity index (χ0n) is 20.5. The summed E-state index contributed by atoms with van der Waals surface area (Å²) in [7, 11) is 0. The highest BCUT2D eigenvalue weighted by molar-refractivity contribution is 5.91. The van der Waals surface area contributed by atoms with Gasteiger partial charge in [-0.25, -0.2) is 19.9 Å². The largest absolute Gasteiger partial charge is 0.383 e. The summed E-state index contributed by atoms with van der Waals surface area (Å²) in [5, 5.41) is 2.01. The zero-order valence-corrected chi connectivity index (χ0v) is 20.5. The van der Waals surface area contributed by atoms with Crippen molar-refractivity contribution in [3.8, 4) is 0 Å². The molecule has 0 aromatic carbocycles. The molecule has 0 amide bonds. The molecule has 0 atom stereocenters. The van der Waals surface area contributed by atoms with Gasteiger partial charge in [-0.2, -0.15) is 0 Å². The third-order valence-corrected chi connectivity index (χ3v) is 5.69. The molecule has 0 aliphatic rings. The van der Waals surface area contributed by atoms with Gasteiger partial charge in [0.05, 0.1) is 10.8 Å². The average Bonchev–Trinajstić information content (AvgIpc) is 3.29. The third-order valence-electron chi connectivity index (χ3n) is 5.69. The summed E-state index contributed by atoms with van der Waals surface area (Å²) in [5.74, 6) is 2.01. The highest BCUT2D eigenvalue weighted by Gasteiger charge is 2.17. The van der Waals surface area contributed by atoms with E-state index in [0.717, 1.165) is 22.1 Å². The lowest BCUT2D eigenvalue weighted by Crippen LogP contribution is -2.00. The molecule has 0 aliphatic carbocycles. The van der Waals surface area contributed by atoms with Crippen molar-refractivity contribution in [3.05, 3.63) is 36.2 Å². The highest BCUT2D eigenvalue weighted by Crippen LogP contribution is 2.32. The number of nitrogen functional groups attached to an aromatic ring is 2. The molecule has 0 spiro atoms. The Balaban J connectivity index is 0.000000181. The summed E-state index contributed by atoms with van der Waals surface area (Å²) in [6, 6.07) is 0.758. The van der Waals surface area contributed by atoms with Crippen LogP contribution in [0.1, 0.15) is 90.4 Å². The fourth-order valence-electron chi connectivity index (χ4n) is 3.94. The van der Waals surface area contributed by atoms with Crippen LogP contribution in [0.15, 0.2) is 25.0 Å². The highest BCUT2D eigenvalue weighted by atomic mass is 15.1. The SMILES string of the molecule is CC(C)c1cn(C(C)C)c2ncnc(N)c12.CC(C)c1cn(C(C)C)c2ncnc(N)c12. The van der Waals surface area contributed by atoms with Crippen LogP contribution in [0.2, 0.25) is 0 Å². The second-order valence-corrected chi connectivity index (χ2v) is 9.40. The van der Waals surface area contributed by atoms with E-state index < -0.39 is 0 Å². The summed E-state index contributed by atoms with van der Waals surface area (Å²) in [6.45, 7) is 17.2. The van der Waals surface area contributed by atoms with Crippen LogP contribution in [0, 0.1) is 0 Å². The molecule has 8 heteroatoms. The normalized spacial score (nSPS) is 11.9. The molecular formula is C24H36N8. The molecule has 0 saturated heterocycles. The molecule has 0 bridgehead atoms. The molecule has 4 rings (SSSR count). The first-order valence-corrected chi connectivity index (χ1v) is 11.3. The average molecular weight is 437 g/mol. The van der Waals surface area contributed by atoms with E-state index in [1.165, 1.54) is 23.8 Å². The molecule has 4 heterocycles. The van der Waals surface area contributed by atoms with E-state index in [1.54, 1.807) is 0 Å². The van der Waals surface area contributed by atoms with Crippen LogP contribution in [0.5, 0.6) is 0 Å². The van der Waals surface area contributed by atoms with Gasteiger partial charge < -0.3 is 20.6 Å². The van der Waals surface area contributed by atoms with Crippen LogP contribution in [-0.2, 0) is 0 Å². The number of fused-ring (bicyclic) bond motifs is 2. The van der Waals surface area contributed by atoms with E-state index in [1.807, 2.05) is 0 Å². The molecular weight excluding hydrogens is 400 g/mol. The predicted molar refractivity (Wildman–Crippen MR) is 133 cm³/mol. The molecule has 4 aromatic heterocycles. The van der Waals surface area contributed by atoms with E-state index in [-0.39, 0.29) is 0 Å². The fourth-order valence-corrected chi connectivity index (χ4v) is 3.94. The molecule has 4 aromatic rings. The summed E-state index contributed by atoms with van der Waals surface area (Å²) < 4.78 is 4.31. The van der Waals surface area contributed by atoms with Gasteiger partial charge in [-0.3, -0.25) is 0 Å². The van der Waals surface area contributed by atoms with Gasteiger partial charge in [0.25, 0.3) is 0 Å². The fraction of sp³-hybridized carbons (Fsp3) is 0.500. The number of hydrogen-bond donors (Lipinski definition) is 2. The van der Waals surface area contributed by atoms with Crippen molar-refractivity contribution in [1.82, 2.24) is 29.1 Å². The number of hydrogen-bond acceptors (Lipinski definition) is 6. The van der Waals surface area contributed by atoms with Gasteiger partial charge in [-0.1, -0.05) is 27.7 Å². The van der Waals surface area contributed by atoms with Crippen molar-refractivity contribution >= 4 is 33.7 Å². The Kier molecular flexibility index (Phi) is 6.71. The van der Waals surface area contributed by atoms with Crippen LogP contribution in [-0.4, -0.2) is 29.1 Å². The monoisotopic (exact) mass is 436 g/mol. The van der Waals surface area contributed by atoms with Gasteiger partial charge in [0.1, 0.15) is 35.6 Å². The summed E-state index contributed by atoms with van der Waals surface area (Å²) in [5.41, 5.74) is 16.2. The van der Waals surface area contributed by atoms with Gasteiger partial charge in [-0.15, -0.1) is 0 Å². The smallest absolute Gasteiger partial charge is 0.145 e. The number of nitrogens with two attached hydrogens (primary N) is 2. The summed E-state index contributed by atoms with van der Waals surface area (Å²) >= 11 is 0. The van der Waals surface area contributed by atoms with Gasteiger partial charge in [0, 0.05) is 24.5 Å². The van der Waals surface area contributed by atoms with Gasteiger partial charge in [0.2, 0.25) is 0 Å². The number of aromatic nitrogens is 6. The maximum atomic E-state index is 5.94. The first kappa shape index (κ1) is 23.5. The van der Waals surface area contributed by atoms with Crippen LogP contribution in [0.3, 0.4) is 0 Å². The minimum atomic E-state index is 0.379. The molecule has 0 fully saturated rings. The van der Waals surface area contributed by atoms with Gasteiger partial charge >= 0.3 is 0 Å². The molecule has 32 heavy (non-hydrogen) atoms. The van der Waals surface area contributed by atoms with Crippen LogP contribution < -0.4 is 11.5 Å². The van der Waals surface area contributed by atoms with Crippen LogP contribution in [0.4, 0.5) is 11.6 Å². The van der Waals surface area contributed by atoms with E-state index >= 15 is 0 Å². The Morgan fingerprint density at radius 2 is 0.938 bits per heavy atom. The van der Waals surface area contributed by atoms with E-state index in [0.29, 0.717) is 35.6 Å². The molecule has 0 aliphatic heterocycles. The standard InChI is InChI=1S/2C12H18N4/c2*1-7(2)9-5-16(8(3)4)12-10(9)11(13)14-6-15-12/h2*5-8H,1-4H3,(H2,13,14,15). The first-order valence-electron chi connectivity index (χ1n) is 11.3. The van der Waals surface area contributed by atoms with Crippen molar-refractivity contribution < 1.29 is 0 Å². The van der Waals surface area contributed by atoms with Crippen LogP contribution in [0.25, 0.3) is 22.1 Å². The van der Waals surface area contributed by atoms with E-state index in [9.17, 15) is 0 Å². The maximum Gasteiger partial charge on any atom is 0.145 e. The lowest BCUT2D eigenvalue weighted by Gasteiger charge is -2.07. The second kappa shape index (κ2) is 9.14. The Labute approximate surface area is 190 Å². The lowest BCUT2D eigenvalue weighted by atomic mass is 10.0. The van der Waals surface area contributed by atoms with Crippen molar-refractivity contribution in [2.24, 2.45) is 0 Å². The maximum absolute atomic E-state index is 5.94. The Morgan fingerprint density at radius 1 is 0.594 bits per heavy atom. The van der Waals surface area contributed by atoms with E-state index in [4.69, 9.17) is 11.5 Å². The molecule has 4 N–H and O–H groups in total. The summed E-state index contributed by atoms with van der Waals surface area (Å²) in [6.07, 6.45) is 7.34. The molecule has 0 radical (unpaired) electrons. The minimum Gasteiger partial charge on any atom is -0.383 e. The lowest BCUT2D eigenvalue weighted by molar-refractivity contribution is 0.614. The van der Waals surface area contributed by atoms with Crippen molar-refractivity contribution in [2.75, 3.05) is 11.5 Å². The van der Waals surface area contributed by atoms with Crippen molar-refractivity contribution in [2.45, 2.75) is 79.3 Å². The number of rotatable bonds is 4. The van der Waals surface area contributed by atoms with E-state index in [2.05, 4.69) is 96.9 Å². The Morgan fingerprint density at radius 3 is 1.22 bits per heavy atom. The number of anilines is 2. The quantitative estimate of drug-likeness (QED) is 0.440.